The molecule has 0 aliphatic heterocycles. The van der Waals surface area contributed by atoms with Gasteiger partial charge in [0.05, 0.1) is 0 Å². The summed E-state index contributed by atoms with van der Waals surface area (Å²) in [6.07, 6.45) is 0. The van der Waals surface area contributed by atoms with E-state index in [0.29, 0.717) is 16.5 Å². The summed E-state index contributed by atoms with van der Waals surface area (Å²) in [6, 6.07) is 9.60. The summed E-state index contributed by atoms with van der Waals surface area (Å²) in [7, 11) is -5.72. The van der Waals surface area contributed by atoms with Crippen molar-refractivity contribution in [2.75, 3.05) is 5.32 Å². The third kappa shape index (κ3) is 5.52. The SMILES string of the molecule is CC(NS(=O)(=O)C(F)(F)F)C(=O)Oc1ccc(NC(=O)c2cc3cc(C(=N)N)ccc3o2)cc1. The predicted octanol–water partition coefficient (Wildman–Crippen LogP) is 2.70. The Balaban J connectivity index is 1.63. The molecule has 2 aromatic carbocycles. The number of carbonyl (C=O) groups is 2. The Kier molecular flexibility index (Phi) is 6.65. The quantitative estimate of drug-likeness (QED) is 0.168. The number of anilines is 1. The summed E-state index contributed by atoms with van der Waals surface area (Å²) in [5.74, 6) is -2.11. The minimum Gasteiger partial charge on any atom is -0.451 e. The number of sulfonamides is 1. The monoisotopic (exact) mass is 498 g/mol. The maximum Gasteiger partial charge on any atom is 0.511 e. The van der Waals surface area contributed by atoms with Gasteiger partial charge in [-0.15, -0.1) is 0 Å². The Morgan fingerprint density at radius 1 is 1.12 bits per heavy atom. The van der Waals surface area contributed by atoms with E-state index in [0.717, 1.165) is 6.92 Å². The lowest BCUT2D eigenvalue weighted by atomic mass is 10.1. The van der Waals surface area contributed by atoms with Crippen molar-refractivity contribution >= 4 is 44.4 Å². The molecule has 5 N–H and O–H groups in total. The first-order chi connectivity index (χ1) is 15.8. The van der Waals surface area contributed by atoms with Gasteiger partial charge in [0, 0.05) is 16.6 Å². The van der Waals surface area contributed by atoms with Crippen LogP contribution in [-0.4, -0.2) is 37.7 Å². The number of furan rings is 1. The highest BCUT2D eigenvalue weighted by Crippen LogP contribution is 2.24. The lowest BCUT2D eigenvalue weighted by Gasteiger charge is -2.15. The number of hydrogen-bond acceptors (Lipinski definition) is 7. The van der Waals surface area contributed by atoms with Crippen LogP contribution >= 0.6 is 0 Å². The van der Waals surface area contributed by atoms with Crippen LogP contribution in [0.3, 0.4) is 0 Å². The molecule has 0 bridgehead atoms. The first kappa shape index (κ1) is 24.7. The van der Waals surface area contributed by atoms with Crippen LogP contribution in [0.1, 0.15) is 23.0 Å². The lowest BCUT2D eigenvalue weighted by molar-refractivity contribution is -0.135. The zero-order valence-electron chi connectivity index (χ0n) is 17.3. The lowest BCUT2D eigenvalue weighted by Crippen LogP contribution is -2.46. The maximum absolute atomic E-state index is 12.5. The third-order valence-electron chi connectivity index (χ3n) is 4.37. The standard InChI is InChI=1S/C20H17F3N4O6S/c1-10(27-34(30,31)20(21,22)23)19(29)32-14-5-3-13(4-6-14)26-18(28)16-9-12-8-11(17(24)25)2-7-15(12)33-16/h2-10,27H,1H3,(H3,24,25)(H,26,28). The van der Waals surface area contributed by atoms with Crippen LogP contribution in [0.25, 0.3) is 11.0 Å². The van der Waals surface area contributed by atoms with Gasteiger partial charge in [-0.2, -0.15) is 17.9 Å². The molecule has 0 saturated carbocycles. The largest absolute Gasteiger partial charge is 0.511 e. The molecule has 0 fully saturated rings. The first-order valence-electron chi connectivity index (χ1n) is 9.36. The molecule has 10 nitrogen and oxygen atoms in total. The molecule has 0 saturated heterocycles. The van der Waals surface area contributed by atoms with Crippen molar-refractivity contribution in [2.24, 2.45) is 5.73 Å². The van der Waals surface area contributed by atoms with Crippen LogP contribution in [0.5, 0.6) is 5.75 Å². The van der Waals surface area contributed by atoms with E-state index >= 15 is 0 Å². The number of esters is 1. The average molecular weight is 498 g/mol. The second-order valence-electron chi connectivity index (χ2n) is 6.97. The molecule has 3 rings (SSSR count). The molecule has 14 heteroatoms. The van der Waals surface area contributed by atoms with Crippen LogP contribution in [0.4, 0.5) is 18.9 Å². The number of nitrogens with one attached hydrogen (secondary N) is 3. The van der Waals surface area contributed by atoms with Crippen molar-refractivity contribution in [3.8, 4) is 5.75 Å². The Morgan fingerprint density at radius 3 is 2.35 bits per heavy atom. The Morgan fingerprint density at radius 2 is 1.76 bits per heavy atom. The van der Waals surface area contributed by atoms with Crippen molar-refractivity contribution in [2.45, 2.75) is 18.5 Å². The van der Waals surface area contributed by atoms with Crippen LogP contribution in [0, 0.1) is 5.41 Å². The van der Waals surface area contributed by atoms with E-state index in [1.165, 1.54) is 35.1 Å². The third-order valence-corrected chi connectivity index (χ3v) is 5.65. The van der Waals surface area contributed by atoms with E-state index < -0.39 is 33.4 Å². The highest BCUT2D eigenvalue weighted by molar-refractivity contribution is 7.90. The van der Waals surface area contributed by atoms with E-state index in [1.54, 1.807) is 18.2 Å². The fourth-order valence-corrected chi connectivity index (χ4v) is 3.37. The molecular formula is C20H17F3N4O6S. The average Bonchev–Trinajstić information content (AvgIpc) is 3.17. The summed E-state index contributed by atoms with van der Waals surface area (Å²) >= 11 is 0. The maximum atomic E-state index is 12.5. The van der Waals surface area contributed by atoms with Gasteiger partial charge in [-0.25, -0.2) is 13.2 Å². The Bertz CT molecular complexity index is 1370. The normalized spacial score (nSPS) is 12.8. The fourth-order valence-electron chi connectivity index (χ4n) is 2.67. The molecule has 3 aromatic rings. The van der Waals surface area contributed by atoms with Gasteiger partial charge in [-0.1, -0.05) is 0 Å². The number of amides is 1. The zero-order valence-corrected chi connectivity index (χ0v) is 18.1. The number of carbonyl (C=O) groups excluding carboxylic acids is 2. The number of benzene rings is 2. The van der Waals surface area contributed by atoms with Crippen molar-refractivity contribution in [3.05, 3.63) is 59.9 Å². The van der Waals surface area contributed by atoms with Crippen LogP contribution in [0.15, 0.2) is 52.9 Å². The van der Waals surface area contributed by atoms with E-state index in [9.17, 15) is 31.2 Å². The second-order valence-corrected chi connectivity index (χ2v) is 8.67. The van der Waals surface area contributed by atoms with Crippen LogP contribution in [0.2, 0.25) is 0 Å². The summed E-state index contributed by atoms with van der Waals surface area (Å²) in [5.41, 5.74) is 1.02. The van der Waals surface area contributed by atoms with Gasteiger partial charge in [-0.05, 0) is 55.5 Å². The van der Waals surface area contributed by atoms with Gasteiger partial charge < -0.3 is 20.2 Å². The molecule has 1 atom stereocenters. The molecule has 0 aliphatic rings. The second kappa shape index (κ2) is 9.15. The molecular weight excluding hydrogens is 481 g/mol. The van der Waals surface area contributed by atoms with E-state index in [2.05, 4.69) is 5.32 Å². The summed E-state index contributed by atoms with van der Waals surface area (Å²) in [5, 5.41) is 10.6. The molecule has 1 unspecified atom stereocenters. The first-order valence-corrected chi connectivity index (χ1v) is 10.8. The Labute approximate surface area is 190 Å². The number of nitrogen functional groups attached to an aromatic ring is 1. The van der Waals surface area contributed by atoms with Gasteiger partial charge in [0.25, 0.3) is 5.91 Å². The number of amidine groups is 1. The molecule has 180 valence electrons. The number of hydrogen-bond donors (Lipinski definition) is 4. The topological polar surface area (TPSA) is 165 Å². The summed E-state index contributed by atoms with van der Waals surface area (Å²) in [4.78, 5) is 24.4. The molecule has 0 radical (unpaired) electrons. The van der Waals surface area contributed by atoms with Gasteiger partial charge in [0.2, 0.25) is 0 Å². The number of rotatable bonds is 7. The van der Waals surface area contributed by atoms with E-state index in [-0.39, 0.29) is 23.0 Å². The minimum atomic E-state index is -5.72. The summed E-state index contributed by atoms with van der Waals surface area (Å²) in [6.45, 7) is 0.896. The van der Waals surface area contributed by atoms with Crippen molar-refractivity contribution < 1.29 is 40.3 Å². The van der Waals surface area contributed by atoms with Crippen LogP contribution in [-0.2, 0) is 14.8 Å². The van der Waals surface area contributed by atoms with Crippen LogP contribution < -0.4 is 20.5 Å². The van der Waals surface area contributed by atoms with Crippen molar-refractivity contribution in [3.63, 3.8) is 0 Å². The highest BCUT2D eigenvalue weighted by atomic mass is 32.2. The molecule has 0 aliphatic carbocycles. The van der Waals surface area contributed by atoms with E-state index in [4.69, 9.17) is 20.3 Å². The van der Waals surface area contributed by atoms with E-state index in [1.807, 2.05) is 0 Å². The Hall–Kier alpha value is -3.91. The number of nitrogens with two attached hydrogens (primary N) is 1. The minimum absolute atomic E-state index is 0.0167. The van der Waals surface area contributed by atoms with Gasteiger partial charge in [0.1, 0.15) is 23.2 Å². The number of fused-ring (bicyclic) bond motifs is 1. The molecule has 1 amide bonds. The van der Waals surface area contributed by atoms with Gasteiger partial charge >= 0.3 is 21.5 Å². The molecule has 1 aromatic heterocycles. The molecule has 0 spiro atoms. The van der Waals surface area contributed by atoms with Gasteiger partial charge in [0.15, 0.2) is 5.76 Å². The predicted molar refractivity (Wildman–Crippen MR) is 115 cm³/mol. The molecule has 1 heterocycles. The smallest absolute Gasteiger partial charge is 0.451 e. The fraction of sp³-hybridized carbons (Fsp3) is 0.150. The van der Waals surface area contributed by atoms with Crippen molar-refractivity contribution in [1.29, 1.82) is 5.41 Å². The number of halogens is 3. The number of ether oxygens (including phenoxy) is 1. The molecule has 34 heavy (non-hydrogen) atoms. The van der Waals surface area contributed by atoms with Crippen molar-refractivity contribution in [1.82, 2.24) is 4.72 Å². The number of alkyl halides is 3. The highest BCUT2D eigenvalue weighted by Gasteiger charge is 2.47. The summed E-state index contributed by atoms with van der Waals surface area (Å²) < 4.78 is 70.9. The zero-order chi connectivity index (χ0) is 25.3. The van der Waals surface area contributed by atoms with Gasteiger partial charge in [-0.3, -0.25) is 10.2 Å².